The molecule has 0 saturated carbocycles. The van der Waals surface area contributed by atoms with Gasteiger partial charge in [-0.05, 0) is 55.7 Å². The van der Waals surface area contributed by atoms with Gasteiger partial charge in [0.15, 0.2) is 0 Å². The lowest BCUT2D eigenvalue weighted by Crippen LogP contribution is -2.12. The summed E-state index contributed by atoms with van der Waals surface area (Å²) < 4.78 is 13.0. The fraction of sp³-hybridized carbons (Fsp3) is 0.286. The Morgan fingerprint density at radius 3 is 2.59 bits per heavy atom. The van der Waals surface area contributed by atoms with E-state index in [4.69, 9.17) is 5.73 Å². The van der Waals surface area contributed by atoms with Crippen molar-refractivity contribution in [2.75, 3.05) is 0 Å². The van der Waals surface area contributed by atoms with Gasteiger partial charge in [0.25, 0.3) is 0 Å². The number of aryl methyl sites for hydroxylation is 2. The predicted molar refractivity (Wildman–Crippen MR) is 70.8 cm³/mol. The molecule has 0 spiro atoms. The van der Waals surface area contributed by atoms with Gasteiger partial charge in [-0.1, -0.05) is 6.07 Å². The molecular formula is C14H16FNS. The summed E-state index contributed by atoms with van der Waals surface area (Å²) in [5.74, 6) is -0.188. The van der Waals surface area contributed by atoms with E-state index in [-0.39, 0.29) is 11.9 Å². The van der Waals surface area contributed by atoms with E-state index in [0.717, 1.165) is 17.5 Å². The summed E-state index contributed by atoms with van der Waals surface area (Å²) in [7, 11) is 0. The highest BCUT2D eigenvalue weighted by Gasteiger charge is 2.10. The van der Waals surface area contributed by atoms with Gasteiger partial charge >= 0.3 is 0 Å². The molecule has 0 fully saturated rings. The summed E-state index contributed by atoms with van der Waals surface area (Å²) in [5.41, 5.74) is 8.25. The Hall–Kier alpha value is -1.19. The van der Waals surface area contributed by atoms with Crippen LogP contribution in [0.25, 0.3) is 0 Å². The van der Waals surface area contributed by atoms with Crippen molar-refractivity contribution in [3.63, 3.8) is 0 Å². The Morgan fingerprint density at radius 2 is 2.00 bits per heavy atom. The molecule has 1 heterocycles. The number of thiophene rings is 1. The van der Waals surface area contributed by atoms with Gasteiger partial charge in [0.2, 0.25) is 0 Å². The molecule has 0 aliphatic rings. The first-order valence-corrected chi connectivity index (χ1v) is 6.45. The Bertz CT molecular complexity index is 519. The monoisotopic (exact) mass is 249 g/mol. The van der Waals surface area contributed by atoms with Crippen molar-refractivity contribution < 1.29 is 4.39 Å². The smallest absolute Gasteiger partial charge is 0.123 e. The number of halogens is 1. The van der Waals surface area contributed by atoms with Gasteiger partial charge < -0.3 is 5.73 Å². The van der Waals surface area contributed by atoms with Gasteiger partial charge in [0.05, 0.1) is 0 Å². The number of benzene rings is 1. The van der Waals surface area contributed by atoms with E-state index in [1.54, 1.807) is 17.4 Å². The molecule has 0 aliphatic heterocycles. The zero-order chi connectivity index (χ0) is 12.4. The van der Waals surface area contributed by atoms with Gasteiger partial charge in [0, 0.05) is 15.8 Å². The van der Waals surface area contributed by atoms with Crippen LogP contribution in [0.15, 0.2) is 30.3 Å². The molecule has 1 aromatic carbocycles. The molecule has 0 amide bonds. The number of hydrogen-bond acceptors (Lipinski definition) is 2. The lowest BCUT2D eigenvalue weighted by atomic mass is 10.0. The second-order valence-corrected chi connectivity index (χ2v) is 5.65. The quantitative estimate of drug-likeness (QED) is 0.881. The zero-order valence-electron chi connectivity index (χ0n) is 10.0. The summed E-state index contributed by atoms with van der Waals surface area (Å²) in [6.07, 6.45) is 0.756. The maximum atomic E-state index is 13.0. The second-order valence-electron chi connectivity index (χ2n) is 4.33. The van der Waals surface area contributed by atoms with Crippen molar-refractivity contribution >= 4 is 11.3 Å². The summed E-state index contributed by atoms with van der Waals surface area (Å²) in [5, 5.41) is 0. The largest absolute Gasteiger partial charge is 0.323 e. The molecule has 1 atom stereocenters. The first kappa shape index (κ1) is 12.3. The van der Waals surface area contributed by atoms with Crippen LogP contribution >= 0.6 is 11.3 Å². The van der Waals surface area contributed by atoms with Crippen LogP contribution < -0.4 is 5.73 Å². The van der Waals surface area contributed by atoms with Crippen LogP contribution in [0.1, 0.15) is 26.9 Å². The van der Waals surface area contributed by atoms with E-state index < -0.39 is 0 Å². The average molecular weight is 249 g/mol. The Kier molecular flexibility index (Phi) is 3.60. The molecule has 1 nitrogen and oxygen atoms in total. The van der Waals surface area contributed by atoms with Gasteiger partial charge in [-0.2, -0.15) is 0 Å². The Balaban J connectivity index is 2.15. The third-order valence-electron chi connectivity index (χ3n) is 2.87. The maximum Gasteiger partial charge on any atom is 0.123 e. The van der Waals surface area contributed by atoms with Crippen molar-refractivity contribution in [3.05, 3.63) is 57.0 Å². The van der Waals surface area contributed by atoms with E-state index in [9.17, 15) is 4.39 Å². The minimum atomic E-state index is -0.188. The topological polar surface area (TPSA) is 26.0 Å². The number of hydrogen-bond donors (Lipinski definition) is 1. The predicted octanol–water partition coefficient (Wildman–Crippen LogP) is 3.75. The number of rotatable bonds is 3. The SMILES string of the molecule is Cc1ccc(C(N)Cc2ccc(F)cc2C)s1. The first-order chi connectivity index (χ1) is 8.06. The lowest BCUT2D eigenvalue weighted by molar-refractivity contribution is 0.624. The number of nitrogens with two attached hydrogens (primary N) is 1. The molecule has 2 N–H and O–H groups in total. The van der Waals surface area contributed by atoms with Crippen molar-refractivity contribution in [3.8, 4) is 0 Å². The Labute approximate surface area is 105 Å². The van der Waals surface area contributed by atoms with Crippen molar-refractivity contribution in [2.24, 2.45) is 5.73 Å². The minimum Gasteiger partial charge on any atom is -0.323 e. The van der Waals surface area contributed by atoms with Crippen LogP contribution in [0.3, 0.4) is 0 Å². The van der Waals surface area contributed by atoms with E-state index in [1.807, 2.05) is 13.0 Å². The van der Waals surface area contributed by atoms with E-state index in [0.29, 0.717) is 0 Å². The molecule has 2 aromatic rings. The van der Waals surface area contributed by atoms with Crippen LogP contribution in [0, 0.1) is 19.7 Å². The molecule has 0 aliphatic carbocycles. The molecule has 1 unspecified atom stereocenters. The van der Waals surface area contributed by atoms with Gasteiger partial charge in [-0.3, -0.25) is 0 Å². The van der Waals surface area contributed by atoms with E-state index in [2.05, 4.69) is 19.1 Å². The second kappa shape index (κ2) is 4.98. The standard InChI is InChI=1S/C14H16FNS/c1-9-7-12(15)5-4-11(9)8-13(16)14-6-3-10(2)17-14/h3-7,13H,8,16H2,1-2H3. The summed E-state index contributed by atoms with van der Waals surface area (Å²) >= 11 is 1.73. The van der Waals surface area contributed by atoms with E-state index >= 15 is 0 Å². The zero-order valence-corrected chi connectivity index (χ0v) is 10.9. The molecule has 2 rings (SSSR count). The normalized spacial score (nSPS) is 12.7. The molecule has 0 bridgehead atoms. The summed E-state index contributed by atoms with van der Waals surface area (Å²) in [6, 6.07) is 9.03. The van der Waals surface area contributed by atoms with Gasteiger partial charge in [0.1, 0.15) is 5.82 Å². The maximum absolute atomic E-state index is 13.0. The van der Waals surface area contributed by atoms with Crippen molar-refractivity contribution in [1.29, 1.82) is 0 Å². The van der Waals surface area contributed by atoms with Gasteiger partial charge in [-0.15, -0.1) is 11.3 Å². The molecule has 3 heteroatoms. The van der Waals surface area contributed by atoms with Crippen LogP contribution in [0.5, 0.6) is 0 Å². The van der Waals surface area contributed by atoms with Crippen LogP contribution in [-0.2, 0) is 6.42 Å². The third kappa shape index (κ3) is 2.93. The molecule has 17 heavy (non-hydrogen) atoms. The first-order valence-electron chi connectivity index (χ1n) is 5.63. The van der Waals surface area contributed by atoms with Crippen LogP contribution in [0.4, 0.5) is 4.39 Å². The van der Waals surface area contributed by atoms with Crippen LogP contribution in [0.2, 0.25) is 0 Å². The Morgan fingerprint density at radius 1 is 1.24 bits per heavy atom. The minimum absolute atomic E-state index is 0.00198. The highest BCUT2D eigenvalue weighted by Crippen LogP contribution is 2.25. The van der Waals surface area contributed by atoms with Gasteiger partial charge in [-0.25, -0.2) is 4.39 Å². The highest BCUT2D eigenvalue weighted by molar-refractivity contribution is 7.12. The fourth-order valence-corrected chi connectivity index (χ4v) is 2.76. The molecule has 0 radical (unpaired) electrons. The van der Waals surface area contributed by atoms with Crippen LogP contribution in [-0.4, -0.2) is 0 Å². The van der Waals surface area contributed by atoms with Crippen molar-refractivity contribution in [2.45, 2.75) is 26.3 Å². The lowest BCUT2D eigenvalue weighted by Gasteiger charge is -2.11. The molecule has 1 aromatic heterocycles. The average Bonchev–Trinajstić information content (AvgIpc) is 2.69. The molecular weight excluding hydrogens is 233 g/mol. The fourth-order valence-electron chi connectivity index (χ4n) is 1.88. The summed E-state index contributed by atoms with van der Waals surface area (Å²) in [4.78, 5) is 2.46. The van der Waals surface area contributed by atoms with Crippen molar-refractivity contribution in [1.82, 2.24) is 0 Å². The highest BCUT2D eigenvalue weighted by atomic mass is 32.1. The summed E-state index contributed by atoms with van der Waals surface area (Å²) in [6.45, 7) is 3.99. The third-order valence-corrected chi connectivity index (χ3v) is 4.00. The van der Waals surface area contributed by atoms with E-state index in [1.165, 1.54) is 15.8 Å². The molecule has 90 valence electrons. The molecule has 0 saturated heterocycles.